The lowest BCUT2D eigenvalue weighted by Gasteiger charge is -2.15. The summed E-state index contributed by atoms with van der Waals surface area (Å²) in [5.74, 6) is -0.462. The number of carbonyl (C=O) groups excluding carboxylic acids is 1. The van der Waals surface area contributed by atoms with Gasteiger partial charge in [-0.3, -0.25) is 9.69 Å². The SMILES string of the molecule is CCOCCN(C)CC(=O)c1cccc(F)c1. The molecule has 0 spiro atoms. The summed E-state index contributed by atoms with van der Waals surface area (Å²) in [6.45, 7) is 4.17. The third-order valence-electron chi connectivity index (χ3n) is 2.38. The largest absolute Gasteiger partial charge is 0.380 e. The van der Waals surface area contributed by atoms with Gasteiger partial charge in [-0.25, -0.2) is 4.39 Å². The van der Waals surface area contributed by atoms with Gasteiger partial charge in [0, 0.05) is 18.7 Å². The minimum absolute atomic E-state index is 0.0801. The highest BCUT2D eigenvalue weighted by Crippen LogP contribution is 2.05. The van der Waals surface area contributed by atoms with E-state index in [9.17, 15) is 9.18 Å². The zero-order valence-corrected chi connectivity index (χ0v) is 10.3. The molecule has 0 radical (unpaired) electrons. The van der Waals surface area contributed by atoms with E-state index in [2.05, 4.69) is 0 Å². The molecule has 1 aromatic rings. The van der Waals surface area contributed by atoms with E-state index in [0.717, 1.165) is 0 Å². The third kappa shape index (κ3) is 5.06. The van der Waals surface area contributed by atoms with Gasteiger partial charge in [-0.2, -0.15) is 0 Å². The van der Waals surface area contributed by atoms with Crippen molar-refractivity contribution in [1.82, 2.24) is 4.90 Å². The monoisotopic (exact) mass is 239 g/mol. The van der Waals surface area contributed by atoms with Crippen LogP contribution in [0.3, 0.4) is 0 Å². The van der Waals surface area contributed by atoms with Crippen molar-refractivity contribution >= 4 is 5.78 Å². The van der Waals surface area contributed by atoms with Gasteiger partial charge < -0.3 is 4.74 Å². The zero-order chi connectivity index (χ0) is 12.7. The molecule has 0 aliphatic heterocycles. The van der Waals surface area contributed by atoms with Gasteiger partial charge >= 0.3 is 0 Å². The van der Waals surface area contributed by atoms with Gasteiger partial charge in [0.1, 0.15) is 5.82 Å². The Labute approximate surface area is 101 Å². The molecule has 0 unspecified atom stereocenters. The summed E-state index contributed by atoms with van der Waals surface area (Å²) in [5, 5.41) is 0. The number of Topliss-reactive ketones (excluding diaryl/α,β-unsaturated/α-hetero) is 1. The number of likely N-dealkylation sites (N-methyl/N-ethyl adjacent to an activating group) is 1. The standard InChI is InChI=1S/C13H18FNO2/c1-3-17-8-7-15(2)10-13(16)11-5-4-6-12(14)9-11/h4-6,9H,3,7-8,10H2,1-2H3. The van der Waals surface area contributed by atoms with E-state index in [1.807, 2.05) is 18.9 Å². The Morgan fingerprint density at radius 3 is 2.88 bits per heavy atom. The Hall–Kier alpha value is -1.26. The van der Waals surface area contributed by atoms with Crippen LogP contribution in [0.2, 0.25) is 0 Å². The summed E-state index contributed by atoms with van der Waals surface area (Å²) < 4.78 is 18.1. The smallest absolute Gasteiger partial charge is 0.176 e. The Kier molecular flexibility index (Phi) is 5.80. The van der Waals surface area contributed by atoms with Crippen molar-refractivity contribution in [3.8, 4) is 0 Å². The highest BCUT2D eigenvalue weighted by atomic mass is 19.1. The van der Waals surface area contributed by atoms with Crippen molar-refractivity contribution < 1.29 is 13.9 Å². The van der Waals surface area contributed by atoms with Crippen LogP contribution in [0.15, 0.2) is 24.3 Å². The van der Waals surface area contributed by atoms with Crippen molar-refractivity contribution in [2.75, 3.05) is 33.4 Å². The second-order valence-electron chi connectivity index (χ2n) is 3.87. The zero-order valence-electron chi connectivity index (χ0n) is 10.3. The summed E-state index contributed by atoms with van der Waals surface area (Å²) in [5.41, 5.74) is 0.410. The number of carbonyl (C=O) groups is 1. The van der Waals surface area contributed by atoms with Crippen LogP contribution in [0.25, 0.3) is 0 Å². The van der Waals surface area contributed by atoms with Crippen LogP contribution in [0, 0.1) is 5.82 Å². The molecule has 4 heteroatoms. The van der Waals surface area contributed by atoms with Crippen LogP contribution >= 0.6 is 0 Å². The molecule has 0 saturated heterocycles. The van der Waals surface area contributed by atoms with Gasteiger partial charge in [0.05, 0.1) is 13.2 Å². The molecule has 17 heavy (non-hydrogen) atoms. The van der Waals surface area contributed by atoms with Crippen LogP contribution in [-0.2, 0) is 4.74 Å². The first kappa shape index (κ1) is 13.8. The summed E-state index contributed by atoms with van der Waals surface area (Å²) in [7, 11) is 1.84. The van der Waals surface area contributed by atoms with Gasteiger partial charge in [-0.15, -0.1) is 0 Å². The maximum absolute atomic E-state index is 12.9. The Balaban J connectivity index is 2.43. The lowest BCUT2D eigenvalue weighted by Crippen LogP contribution is -2.29. The number of nitrogens with zero attached hydrogens (tertiary/aromatic N) is 1. The van der Waals surface area contributed by atoms with Crippen molar-refractivity contribution in [2.24, 2.45) is 0 Å². The summed E-state index contributed by atoms with van der Waals surface area (Å²) in [6, 6.07) is 5.76. The molecule has 0 aliphatic rings. The quantitative estimate of drug-likeness (QED) is 0.538. The number of ketones is 1. The van der Waals surface area contributed by atoms with E-state index in [1.165, 1.54) is 12.1 Å². The average molecular weight is 239 g/mol. The van der Waals surface area contributed by atoms with E-state index >= 15 is 0 Å². The summed E-state index contributed by atoms with van der Waals surface area (Å²) >= 11 is 0. The van der Waals surface area contributed by atoms with Crippen molar-refractivity contribution in [3.05, 3.63) is 35.6 Å². The van der Waals surface area contributed by atoms with Gasteiger partial charge in [0.2, 0.25) is 0 Å². The number of hydrogen-bond acceptors (Lipinski definition) is 3. The fraction of sp³-hybridized carbons (Fsp3) is 0.462. The van der Waals surface area contributed by atoms with Crippen molar-refractivity contribution in [3.63, 3.8) is 0 Å². The van der Waals surface area contributed by atoms with Crippen LogP contribution in [0.5, 0.6) is 0 Å². The molecule has 0 N–H and O–H groups in total. The van der Waals surface area contributed by atoms with Gasteiger partial charge in [0.15, 0.2) is 5.78 Å². The van der Waals surface area contributed by atoms with Crippen molar-refractivity contribution in [2.45, 2.75) is 6.92 Å². The Bertz CT molecular complexity index is 368. The number of hydrogen-bond donors (Lipinski definition) is 0. The molecule has 94 valence electrons. The first-order valence-corrected chi connectivity index (χ1v) is 5.68. The Morgan fingerprint density at radius 2 is 2.24 bits per heavy atom. The van der Waals surface area contributed by atoms with E-state index in [4.69, 9.17) is 4.74 Å². The van der Waals surface area contributed by atoms with E-state index in [-0.39, 0.29) is 18.1 Å². The molecule has 1 aromatic carbocycles. The van der Waals surface area contributed by atoms with Crippen LogP contribution in [-0.4, -0.2) is 44.0 Å². The molecular formula is C13H18FNO2. The second-order valence-corrected chi connectivity index (χ2v) is 3.87. The van der Waals surface area contributed by atoms with Crippen molar-refractivity contribution in [1.29, 1.82) is 0 Å². The molecule has 1 rings (SSSR count). The molecule has 0 bridgehead atoms. The highest BCUT2D eigenvalue weighted by molar-refractivity contribution is 5.97. The fourth-order valence-electron chi connectivity index (χ4n) is 1.44. The predicted molar refractivity (Wildman–Crippen MR) is 64.7 cm³/mol. The van der Waals surface area contributed by atoms with E-state index in [0.29, 0.717) is 25.3 Å². The maximum atomic E-state index is 12.9. The number of ether oxygens (including phenoxy) is 1. The molecule has 0 aliphatic carbocycles. The molecule has 0 saturated carbocycles. The number of benzene rings is 1. The average Bonchev–Trinajstić information content (AvgIpc) is 2.29. The molecule has 0 heterocycles. The second kappa shape index (κ2) is 7.14. The minimum Gasteiger partial charge on any atom is -0.380 e. The number of rotatable bonds is 7. The molecule has 0 fully saturated rings. The minimum atomic E-state index is -0.382. The third-order valence-corrected chi connectivity index (χ3v) is 2.38. The molecule has 0 aromatic heterocycles. The lowest BCUT2D eigenvalue weighted by molar-refractivity contribution is 0.0896. The Morgan fingerprint density at radius 1 is 1.47 bits per heavy atom. The lowest BCUT2D eigenvalue weighted by atomic mass is 10.1. The maximum Gasteiger partial charge on any atom is 0.176 e. The summed E-state index contributed by atoms with van der Waals surface area (Å²) in [6.07, 6.45) is 0. The van der Waals surface area contributed by atoms with Crippen LogP contribution in [0.4, 0.5) is 4.39 Å². The normalized spacial score (nSPS) is 10.8. The molecule has 0 amide bonds. The first-order valence-electron chi connectivity index (χ1n) is 5.68. The first-order chi connectivity index (χ1) is 8.13. The molecule has 3 nitrogen and oxygen atoms in total. The van der Waals surface area contributed by atoms with Gasteiger partial charge in [-0.1, -0.05) is 12.1 Å². The topological polar surface area (TPSA) is 29.5 Å². The van der Waals surface area contributed by atoms with E-state index < -0.39 is 0 Å². The highest BCUT2D eigenvalue weighted by Gasteiger charge is 2.09. The fourth-order valence-corrected chi connectivity index (χ4v) is 1.44. The van der Waals surface area contributed by atoms with Crippen LogP contribution in [0.1, 0.15) is 17.3 Å². The molecular weight excluding hydrogens is 221 g/mol. The molecule has 0 atom stereocenters. The summed E-state index contributed by atoms with van der Waals surface area (Å²) in [4.78, 5) is 13.7. The van der Waals surface area contributed by atoms with Gasteiger partial charge in [-0.05, 0) is 26.1 Å². The van der Waals surface area contributed by atoms with Gasteiger partial charge in [0.25, 0.3) is 0 Å². The van der Waals surface area contributed by atoms with E-state index in [1.54, 1.807) is 12.1 Å². The number of halogens is 1. The van der Waals surface area contributed by atoms with Crippen LogP contribution < -0.4 is 0 Å². The predicted octanol–water partition coefficient (Wildman–Crippen LogP) is 1.98.